The number of hydrogen-bond acceptors (Lipinski definition) is 4. The molecule has 0 amide bonds. The molecule has 0 spiro atoms. The maximum atomic E-state index is 9.93. The molecule has 3 atom stereocenters. The van der Waals surface area contributed by atoms with Crippen LogP contribution in [0.3, 0.4) is 0 Å². The number of nitrogens with zero attached hydrogens (tertiary/aromatic N) is 2. The molecule has 1 aliphatic carbocycles. The molecular formula is C16H33N3O. The quantitative estimate of drug-likeness (QED) is 0.815. The fourth-order valence-corrected chi connectivity index (χ4v) is 4.24. The largest absolute Gasteiger partial charge is 0.394 e. The van der Waals surface area contributed by atoms with E-state index in [0.29, 0.717) is 18.1 Å². The first-order valence-corrected chi connectivity index (χ1v) is 8.28. The second kappa shape index (κ2) is 6.73. The maximum Gasteiger partial charge on any atom is 0.0613 e. The van der Waals surface area contributed by atoms with Gasteiger partial charge in [0.2, 0.25) is 0 Å². The van der Waals surface area contributed by atoms with E-state index in [1.807, 2.05) is 0 Å². The van der Waals surface area contributed by atoms with Crippen LogP contribution < -0.4 is 5.32 Å². The molecular weight excluding hydrogens is 250 g/mol. The van der Waals surface area contributed by atoms with E-state index in [9.17, 15) is 5.11 Å². The number of aliphatic hydroxyl groups is 1. The molecule has 3 unspecified atom stereocenters. The Hall–Kier alpha value is -0.160. The van der Waals surface area contributed by atoms with Crippen LogP contribution in [0.5, 0.6) is 0 Å². The number of likely N-dealkylation sites (N-methyl/N-ethyl adjacent to an activating group) is 1. The van der Waals surface area contributed by atoms with Crippen molar-refractivity contribution in [2.24, 2.45) is 0 Å². The van der Waals surface area contributed by atoms with Gasteiger partial charge in [-0.05, 0) is 39.7 Å². The summed E-state index contributed by atoms with van der Waals surface area (Å²) >= 11 is 0. The Morgan fingerprint density at radius 1 is 1.35 bits per heavy atom. The summed E-state index contributed by atoms with van der Waals surface area (Å²) in [5.41, 5.74) is -0.0554. The first-order chi connectivity index (χ1) is 9.46. The summed E-state index contributed by atoms with van der Waals surface area (Å²) in [5.74, 6) is 0. The minimum Gasteiger partial charge on any atom is -0.394 e. The summed E-state index contributed by atoms with van der Waals surface area (Å²) in [7, 11) is 2.22. The van der Waals surface area contributed by atoms with Gasteiger partial charge in [-0.25, -0.2) is 0 Å². The molecule has 1 saturated heterocycles. The highest BCUT2D eigenvalue weighted by molar-refractivity contribution is 4.98. The van der Waals surface area contributed by atoms with Gasteiger partial charge in [-0.2, -0.15) is 0 Å². The van der Waals surface area contributed by atoms with Crippen molar-refractivity contribution in [3.05, 3.63) is 0 Å². The van der Waals surface area contributed by atoms with Crippen molar-refractivity contribution in [1.82, 2.24) is 15.1 Å². The molecule has 1 aliphatic heterocycles. The van der Waals surface area contributed by atoms with Crippen molar-refractivity contribution in [1.29, 1.82) is 0 Å². The zero-order valence-electron chi connectivity index (χ0n) is 13.7. The Kier molecular flexibility index (Phi) is 5.46. The lowest BCUT2D eigenvalue weighted by molar-refractivity contribution is 0.00778. The van der Waals surface area contributed by atoms with E-state index >= 15 is 0 Å². The lowest BCUT2D eigenvalue weighted by Gasteiger charge is -2.49. The van der Waals surface area contributed by atoms with Crippen LogP contribution in [0.25, 0.3) is 0 Å². The van der Waals surface area contributed by atoms with Gasteiger partial charge < -0.3 is 15.3 Å². The van der Waals surface area contributed by atoms with E-state index in [4.69, 9.17) is 0 Å². The van der Waals surface area contributed by atoms with Crippen LogP contribution in [0, 0.1) is 0 Å². The predicted octanol–water partition coefficient (Wildman–Crippen LogP) is 1.29. The fourth-order valence-electron chi connectivity index (χ4n) is 4.24. The molecule has 0 bridgehead atoms. The number of aliphatic hydroxyl groups excluding tert-OH is 1. The molecule has 118 valence electrons. The molecule has 1 saturated carbocycles. The summed E-state index contributed by atoms with van der Waals surface area (Å²) in [6.45, 7) is 10.5. The van der Waals surface area contributed by atoms with Gasteiger partial charge in [0.05, 0.1) is 6.61 Å². The number of rotatable bonds is 4. The van der Waals surface area contributed by atoms with Gasteiger partial charge in [0.25, 0.3) is 0 Å². The van der Waals surface area contributed by atoms with Gasteiger partial charge in [-0.3, -0.25) is 4.90 Å². The van der Waals surface area contributed by atoms with Crippen molar-refractivity contribution in [2.75, 3.05) is 33.3 Å². The van der Waals surface area contributed by atoms with Crippen LogP contribution in [0.1, 0.15) is 46.5 Å². The summed E-state index contributed by atoms with van der Waals surface area (Å²) in [6.07, 6.45) is 4.72. The van der Waals surface area contributed by atoms with Gasteiger partial charge in [0, 0.05) is 43.3 Å². The standard InChI is InChI=1S/C16H33N3O/c1-13(2)17-16(12-20)7-5-6-15(10-16)19-9-8-18(4)11-14(19)3/h13-15,17,20H,5-12H2,1-4H3. The first-order valence-electron chi connectivity index (χ1n) is 8.28. The number of piperazine rings is 1. The minimum absolute atomic E-state index is 0.0554. The number of hydrogen-bond donors (Lipinski definition) is 2. The summed E-state index contributed by atoms with van der Waals surface area (Å²) in [5, 5.41) is 13.6. The van der Waals surface area contributed by atoms with E-state index in [-0.39, 0.29) is 12.1 Å². The fraction of sp³-hybridized carbons (Fsp3) is 1.00. The highest BCUT2D eigenvalue weighted by Crippen LogP contribution is 2.33. The summed E-state index contributed by atoms with van der Waals surface area (Å²) in [6, 6.07) is 1.70. The Balaban J connectivity index is 2.02. The number of nitrogens with one attached hydrogen (secondary N) is 1. The normalized spacial score (nSPS) is 37.5. The van der Waals surface area contributed by atoms with Crippen LogP contribution in [0.15, 0.2) is 0 Å². The van der Waals surface area contributed by atoms with Crippen LogP contribution in [0.4, 0.5) is 0 Å². The van der Waals surface area contributed by atoms with E-state index in [2.05, 4.69) is 42.9 Å². The monoisotopic (exact) mass is 283 g/mol. The Labute approximate surface area is 124 Å². The van der Waals surface area contributed by atoms with Crippen molar-refractivity contribution in [2.45, 2.75) is 70.1 Å². The van der Waals surface area contributed by atoms with Crippen molar-refractivity contribution >= 4 is 0 Å². The first kappa shape index (κ1) is 16.2. The molecule has 0 aromatic rings. The molecule has 2 rings (SSSR count). The predicted molar refractivity (Wildman–Crippen MR) is 84.0 cm³/mol. The molecule has 20 heavy (non-hydrogen) atoms. The van der Waals surface area contributed by atoms with Crippen molar-refractivity contribution in [3.63, 3.8) is 0 Å². The highest BCUT2D eigenvalue weighted by Gasteiger charge is 2.40. The van der Waals surface area contributed by atoms with E-state index < -0.39 is 0 Å². The van der Waals surface area contributed by atoms with Crippen LogP contribution >= 0.6 is 0 Å². The second-order valence-electron chi connectivity index (χ2n) is 7.34. The molecule has 2 fully saturated rings. The highest BCUT2D eigenvalue weighted by atomic mass is 16.3. The molecule has 4 heteroatoms. The Morgan fingerprint density at radius 3 is 2.70 bits per heavy atom. The maximum absolute atomic E-state index is 9.93. The molecule has 0 aromatic carbocycles. The zero-order valence-corrected chi connectivity index (χ0v) is 13.7. The Morgan fingerprint density at radius 2 is 2.10 bits per heavy atom. The average Bonchev–Trinajstić information content (AvgIpc) is 2.38. The molecule has 2 aliphatic rings. The van der Waals surface area contributed by atoms with Crippen LogP contribution in [-0.4, -0.2) is 71.9 Å². The summed E-state index contributed by atoms with van der Waals surface area (Å²) < 4.78 is 0. The third-order valence-corrected chi connectivity index (χ3v) is 5.07. The molecule has 4 nitrogen and oxygen atoms in total. The van der Waals surface area contributed by atoms with Crippen LogP contribution in [0.2, 0.25) is 0 Å². The van der Waals surface area contributed by atoms with Crippen molar-refractivity contribution in [3.8, 4) is 0 Å². The Bertz CT molecular complexity index is 310. The third-order valence-electron chi connectivity index (χ3n) is 5.07. The smallest absolute Gasteiger partial charge is 0.0613 e. The molecule has 0 aromatic heterocycles. The lowest BCUT2D eigenvalue weighted by atomic mass is 9.78. The van der Waals surface area contributed by atoms with Gasteiger partial charge >= 0.3 is 0 Å². The summed E-state index contributed by atoms with van der Waals surface area (Å²) in [4.78, 5) is 5.11. The van der Waals surface area contributed by atoms with Gasteiger partial charge in [-0.15, -0.1) is 0 Å². The minimum atomic E-state index is -0.0554. The third kappa shape index (κ3) is 3.73. The molecule has 2 N–H and O–H groups in total. The lowest BCUT2D eigenvalue weighted by Crippen LogP contribution is -2.61. The van der Waals surface area contributed by atoms with E-state index in [0.717, 1.165) is 12.8 Å². The SMILES string of the molecule is CC(C)NC1(CO)CCCC(N2CCN(C)CC2C)C1. The van der Waals surface area contributed by atoms with Gasteiger partial charge in [-0.1, -0.05) is 13.8 Å². The second-order valence-corrected chi connectivity index (χ2v) is 7.34. The molecule has 1 heterocycles. The van der Waals surface area contributed by atoms with Crippen molar-refractivity contribution < 1.29 is 5.11 Å². The van der Waals surface area contributed by atoms with Gasteiger partial charge in [0.1, 0.15) is 0 Å². The van der Waals surface area contributed by atoms with Crippen LogP contribution in [-0.2, 0) is 0 Å². The van der Waals surface area contributed by atoms with Gasteiger partial charge in [0.15, 0.2) is 0 Å². The van der Waals surface area contributed by atoms with E-state index in [1.165, 1.54) is 32.5 Å². The topological polar surface area (TPSA) is 38.7 Å². The molecule has 0 radical (unpaired) electrons. The average molecular weight is 283 g/mol. The zero-order chi connectivity index (χ0) is 14.8. The van der Waals surface area contributed by atoms with E-state index in [1.54, 1.807) is 0 Å².